The van der Waals surface area contributed by atoms with Crippen molar-refractivity contribution >= 4 is 85.8 Å². The summed E-state index contributed by atoms with van der Waals surface area (Å²) in [5.74, 6) is 0. The molecule has 13 rings (SSSR count). The lowest BCUT2D eigenvalue weighted by atomic mass is 9.81. The van der Waals surface area contributed by atoms with Gasteiger partial charge in [-0.2, -0.15) is 0 Å². The molecule has 0 radical (unpaired) electrons. The Morgan fingerprint density at radius 3 is 1.69 bits per heavy atom. The zero-order valence-electron chi connectivity index (χ0n) is 32.6. The lowest BCUT2D eigenvalue weighted by Crippen LogP contribution is -2.15. The summed E-state index contributed by atoms with van der Waals surface area (Å²) >= 11 is 1.88. The highest BCUT2D eigenvalue weighted by Crippen LogP contribution is 2.53. The monoisotopic (exact) mass is 768 g/mol. The molecule has 0 unspecified atom stereocenters. The first kappa shape index (κ1) is 33.0. The van der Waals surface area contributed by atoms with Crippen molar-refractivity contribution in [2.45, 2.75) is 19.3 Å². The summed E-state index contributed by atoms with van der Waals surface area (Å²) in [6.45, 7) is 4.78. The van der Waals surface area contributed by atoms with Crippen LogP contribution in [0.3, 0.4) is 0 Å². The number of hydrogen-bond donors (Lipinski definition) is 0. The third kappa shape index (κ3) is 4.55. The summed E-state index contributed by atoms with van der Waals surface area (Å²) in [6, 6.07) is 67.4. The maximum Gasteiger partial charge on any atom is 0.145 e. The third-order valence-electron chi connectivity index (χ3n) is 13.2. The number of hydrogen-bond acceptors (Lipinski definition) is 2. The molecule has 1 aliphatic carbocycles. The van der Waals surface area contributed by atoms with Gasteiger partial charge in [-0.1, -0.05) is 172 Å². The Morgan fingerprint density at radius 2 is 0.966 bits per heavy atom. The van der Waals surface area contributed by atoms with E-state index >= 15 is 0 Å². The van der Waals surface area contributed by atoms with Crippen LogP contribution in [0.25, 0.3) is 119 Å². The van der Waals surface area contributed by atoms with E-state index in [0.29, 0.717) is 0 Å². The maximum absolute atomic E-state index is 6.67. The molecule has 1 aliphatic rings. The fourth-order valence-corrected chi connectivity index (χ4v) is 11.8. The average molecular weight is 769 g/mol. The molecule has 0 saturated heterocycles. The van der Waals surface area contributed by atoms with E-state index in [-0.39, 0.29) is 5.41 Å². The van der Waals surface area contributed by atoms with Crippen LogP contribution in [0.4, 0.5) is 0 Å². The van der Waals surface area contributed by atoms with E-state index < -0.39 is 0 Å². The molecular formula is C57H36OS. The molecule has 2 heterocycles. The van der Waals surface area contributed by atoms with Crippen molar-refractivity contribution in [1.29, 1.82) is 0 Å². The number of fused-ring (bicyclic) bond motifs is 15. The lowest BCUT2D eigenvalue weighted by Gasteiger charge is -2.22. The highest BCUT2D eigenvalue weighted by atomic mass is 32.1. The van der Waals surface area contributed by atoms with E-state index in [0.717, 1.165) is 11.2 Å². The van der Waals surface area contributed by atoms with Crippen LogP contribution >= 0.6 is 11.3 Å². The minimum atomic E-state index is -0.145. The molecule has 0 saturated carbocycles. The first-order valence-corrected chi connectivity index (χ1v) is 21.3. The van der Waals surface area contributed by atoms with Gasteiger partial charge in [0, 0.05) is 41.7 Å². The minimum Gasteiger partial charge on any atom is -0.455 e. The van der Waals surface area contributed by atoms with Crippen LogP contribution in [0.2, 0.25) is 0 Å². The third-order valence-corrected chi connectivity index (χ3v) is 14.4. The predicted octanol–water partition coefficient (Wildman–Crippen LogP) is 16.7. The van der Waals surface area contributed by atoms with Gasteiger partial charge in [0.25, 0.3) is 0 Å². The van der Waals surface area contributed by atoms with E-state index in [4.69, 9.17) is 4.42 Å². The van der Waals surface area contributed by atoms with Gasteiger partial charge >= 0.3 is 0 Å². The zero-order valence-corrected chi connectivity index (χ0v) is 33.5. The van der Waals surface area contributed by atoms with Gasteiger partial charge in [-0.05, 0) is 107 Å². The van der Waals surface area contributed by atoms with Gasteiger partial charge in [-0.3, -0.25) is 0 Å². The normalized spacial score (nSPS) is 13.4. The van der Waals surface area contributed by atoms with Crippen LogP contribution in [0.5, 0.6) is 0 Å². The second-order valence-electron chi connectivity index (χ2n) is 16.7. The highest BCUT2D eigenvalue weighted by molar-refractivity contribution is 7.27. The number of furan rings is 1. The maximum atomic E-state index is 6.67. The van der Waals surface area contributed by atoms with Crippen molar-refractivity contribution in [2.24, 2.45) is 0 Å². The quantitative estimate of drug-likeness (QED) is 0.163. The van der Waals surface area contributed by atoms with Crippen molar-refractivity contribution < 1.29 is 4.42 Å². The first-order valence-electron chi connectivity index (χ1n) is 20.5. The van der Waals surface area contributed by atoms with E-state index in [1.807, 2.05) is 11.3 Å². The van der Waals surface area contributed by atoms with E-state index in [1.54, 1.807) is 0 Å². The topological polar surface area (TPSA) is 13.1 Å². The van der Waals surface area contributed by atoms with Crippen LogP contribution in [0.15, 0.2) is 186 Å². The van der Waals surface area contributed by atoms with E-state index in [9.17, 15) is 0 Å². The van der Waals surface area contributed by atoms with Crippen molar-refractivity contribution in [1.82, 2.24) is 0 Å². The van der Waals surface area contributed by atoms with Gasteiger partial charge in [0.05, 0.1) is 0 Å². The van der Waals surface area contributed by atoms with Gasteiger partial charge in [0.15, 0.2) is 0 Å². The highest BCUT2D eigenvalue weighted by Gasteiger charge is 2.36. The Labute approximate surface area is 345 Å². The summed E-state index contributed by atoms with van der Waals surface area (Å²) in [6.07, 6.45) is 0. The molecule has 2 aromatic heterocycles. The molecule has 2 heteroatoms. The lowest BCUT2D eigenvalue weighted by molar-refractivity contribution is 0.660. The summed E-state index contributed by atoms with van der Waals surface area (Å²) in [7, 11) is 0. The van der Waals surface area contributed by atoms with Crippen molar-refractivity contribution in [3.8, 4) is 44.5 Å². The summed E-state index contributed by atoms with van der Waals surface area (Å²) in [4.78, 5) is 0. The number of benzene rings is 10. The Bertz CT molecular complexity index is 3690. The van der Waals surface area contributed by atoms with Crippen LogP contribution in [0.1, 0.15) is 25.0 Å². The Morgan fingerprint density at radius 1 is 0.390 bits per heavy atom. The molecule has 276 valence electrons. The van der Waals surface area contributed by atoms with Gasteiger partial charge in [0.2, 0.25) is 0 Å². The molecule has 0 spiro atoms. The molecule has 1 nitrogen and oxygen atoms in total. The fourth-order valence-electron chi connectivity index (χ4n) is 10.5. The first-order chi connectivity index (χ1) is 29.0. The minimum absolute atomic E-state index is 0.145. The van der Waals surface area contributed by atoms with Crippen LogP contribution < -0.4 is 0 Å². The Hall–Kier alpha value is -7.00. The molecular weight excluding hydrogens is 733 g/mol. The van der Waals surface area contributed by atoms with Crippen molar-refractivity contribution in [2.75, 3.05) is 0 Å². The largest absolute Gasteiger partial charge is 0.455 e. The smallest absolute Gasteiger partial charge is 0.145 e. The predicted molar refractivity (Wildman–Crippen MR) is 253 cm³/mol. The SMILES string of the molecule is CC1(C)c2ccc(-c3c4ccccc4c(-c4ccccc4)c4ccccc34)cc2-c2ccc(-c3ccc4c(c3)sc3c5ccccc5c5c6ccccc6oc5c43)cc21. The second-order valence-corrected chi connectivity index (χ2v) is 17.8. The Balaban J connectivity index is 0.964. The molecule has 59 heavy (non-hydrogen) atoms. The number of thiophene rings is 1. The fraction of sp³-hybridized carbons (Fsp3) is 0.0526. The number of para-hydroxylation sites is 1. The molecule has 10 aromatic carbocycles. The van der Waals surface area contributed by atoms with Gasteiger partial charge in [-0.15, -0.1) is 11.3 Å². The molecule has 0 bridgehead atoms. The van der Waals surface area contributed by atoms with Crippen LogP contribution in [0, 0.1) is 0 Å². The van der Waals surface area contributed by atoms with Gasteiger partial charge in [-0.25, -0.2) is 0 Å². The molecule has 0 fully saturated rings. The second kappa shape index (κ2) is 12.0. The number of rotatable bonds is 3. The molecule has 0 amide bonds. The van der Waals surface area contributed by atoms with Crippen LogP contribution in [-0.2, 0) is 5.41 Å². The standard InChI is InChI=1S/C57H36OS/c1-57(2)47-29-26-36(52-40-18-8-6-16-38(40)51(33-14-4-3-5-15-33)39-17-7-9-19-41(39)52)30-46(47)37-27-24-34(31-48(37)57)35-25-28-45-50(32-35)59-56-43-21-11-10-20-42(43)53-44-22-12-13-23-49(44)58-55(53)54(45)56/h3-32H,1-2H3. The van der Waals surface area contributed by atoms with Gasteiger partial charge in [0.1, 0.15) is 11.2 Å². The van der Waals surface area contributed by atoms with E-state index in [1.165, 1.54) is 119 Å². The Kier molecular flexibility index (Phi) is 6.73. The van der Waals surface area contributed by atoms with Gasteiger partial charge < -0.3 is 4.42 Å². The zero-order chi connectivity index (χ0) is 39.0. The van der Waals surface area contributed by atoms with Crippen LogP contribution in [-0.4, -0.2) is 0 Å². The van der Waals surface area contributed by atoms with Crippen molar-refractivity contribution in [3.05, 3.63) is 193 Å². The van der Waals surface area contributed by atoms with E-state index in [2.05, 4.69) is 196 Å². The van der Waals surface area contributed by atoms with Crippen molar-refractivity contribution in [3.63, 3.8) is 0 Å². The molecule has 0 N–H and O–H groups in total. The summed E-state index contributed by atoms with van der Waals surface area (Å²) in [5.41, 5.74) is 14.8. The average Bonchev–Trinajstić information content (AvgIpc) is 3.93. The summed E-state index contributed by atoms with van der Waals surface area (Å²) < 4.78 is 9.23. The summed E-state index contributed by atoms with van der Waals surface area (Å²) in [5, 5.41) is 12.5. The molecule has 0 atom stereocenters. The molecule has 0 aliphatic heterocycles. The molecule has 12 aromatic rings.